The van der Waals surface area contributed by atoms with Crippen LogP contribution in [0, 0.1) is 0 Å². The zero-order valence-corrected chi connectivity index (χ0v) is 11.1. The summed E-state index contributed by atoms with van der Waals surface area (Å²) in [6, 6.07) is 5.50. The van der Waals surface area contributed by atoms with Crippen molar-refractivity contribution in [2.45, 2.75) is 31.7 Å². The number of hydrogen-bond acceptors (Lipinski definition) is 5. The van der Waals surface area contributed by atoms with Crippen molar-refractivity contribution in [3.63, 3.8) is 0 Å². The SMILES string of the molecule is COc1ccc(N)cc1-c1nnnn1C1(C)CCC1. The first kappa shape index (κ1) is 12.0. The summed E-state index contributed by atoms with van der Waals surface area (Å²) in [5, 5.41) is 12.1. The van der Waals surface area contributed by atoms with E-state index in [-0.39, 0.29) is 5.54 Å². The second kappa shape index (κ2) is 4.22. The molecule has 1 aliphatic rings. The van der Waals surface area contributed by atoms with Crippen LogP contribution >= 0.6 is 0 Å². The maximum absolute atomic E-state index is 5.86. The van der Waals surface area contributed by atoms with Crippen LogP contribution in [0.15, 0.2) is 18.2 Å². The molecule has 1 fully saturated rings. The molecule has 2 N–H and O–H groups in total. The third-order valence-corrected chi connectivity index (χ3v) is 3.88. The van der Waals surface area contributed by atoms with Gasteiger partial charge in [-0.15, -0.1) is 5.10 Å². The Bertz CT molecular complexity index is 603. The number of anilines is 1. The zero-order valence-electron chi connectivity index (χ0n) is 11.1. The summed E-state index contributed by atoms with van der Waals surface area (Å²) in [7, 11) is 1.63. The highest BCUT2D eigenvalue weighted by molar-refractivity contribution is 5.69. The summed E-state index contributed by atoms with van der Waals surface area (Å²) in [6.07, 6.45) is 3.40. The van der Waals surface area contributed by atoms with Crippen LogP contribution < -0.4 is 10.5 Å². The summed E-state index contributed by atoms with van der Waals surface area (Å²) >= 11 is 0. The number of nitrogens with two attached hydrogens (primary N) is 1. The maximum Gasteiger partial charge on any atom is 0.186 e. The number of rotatable bonds is 3. The van der Waals surface area contributed by atoms with Gasteiger partial charge in [-0.2, -0.15) is 0 Å². The molecule has 0 bridgehead atoms. The van der Waals surface area contributed by atoms with Gasteiger partial charge in [0.05, 0.1) is 18.2 Å². The van der Waals surface area contributed by atoms with Gasteiger partial charge in [-0.25, -0.2) is 4.68 Å². The van der Waals surface area contributed by atoms with E-state index in [1.165, 1.54) is 6.42 Å². The van der Waals surface area contributed by atoms with Gasteiger partial charge in [-0.1, -0.05) is 0 Å². The topological polar surface area (TPSA) is 78.8 Å². The average Bonchev–Trinajstić information content (AvgIpc) is 2.85. The van der Waals surface area contributed by atoms with E-state index in [9.17, 15) is 0 Å². The fraction of sp³-hybridized carbons (Fsp3) is 0.462. The van der Waals surface area contributed by atoms with Crippen LogP contribution in [0.5, 0.6) is 5.75 Å². The Morgan fingerprint density at radius 1 is 1.37 bits per heavy atom. The van der Waals surface area contributed by atoms with Gasteiger partial charge < -0.3 is 10.5 Å². The molecular weight excluding hydrogens is 242 g/mol. The summed E-state index contributed by atoms with van der Waals surface area (Å²) in [5.41, 5.74) is 7.37. The first-order valence-electron chi connectivity index (χ1n) is 6.37. The van der Waals surface area contributed by atoms with E-state index in [1.54, 1.807) is 7.11 Å². The number of methoxy groups -OCH3 is 1. The highest BCUT2D eigenvalue weighted by atomic mass is 16.5. The first-order chi connectivity index (χ1) is 9.14. The maximum atomic E-state index is 5.86. The van der Waals surface area contributed by atoms with Gasteiger partial charge in [0.2, 0.25) is 0 Å². The summed E-state index contributed by atoms with van der Waals surface area (Å²) in [4.78, 5) is 0. The van der Waals surface area contributed by atoms with Gasteiger partial charge in [0.15, 0.2) is 5.82 Å². The third-order valence-electron chi connectivity index (χ3n) is 3.88. The second-order valence-electron chi connectivity index (χ2n) is 5.22. The van der Waals surface area contributed by atoms with Crippen LogP contribution in [0.25, 0.3) is 11.4 Å². The molecule has 1 saturated carbocycles. The Labute approximate surface area is 111 Å². The predicted octanol–water partition coefficient (Wildman–Crippen LogP) is 1.83. The lowest BCUT2D eigenvalue weighted by molar-refractivity contribution is 0.148. The fourth-order valence-electron chi connectivity index (χ4n) is 2.52. The van der Waals surface area contributed by atoms with E-state index >= 15 is 0 Å². The van der Waals surface area contributed by atoms with Gasteiger partial charge in [-0.3, -0.25) is 0 Å². The molecule has 1 aromatic carbocycles. The van der Waals surface area contributed by atoms with E-state index in [1.807, 2.05) is 22.9 Å². The molecule has 1 aromatic heterocycles. The molecule has 0 atom stereocenters. The highest BCUT2D eigenvalue weighted by Gasteiger charge is 2.37. The molecule has 2 aromatic rings. The molecule has 0 radical (unpaired) electrons. The highest BCUT2D eigenvalue weighted by Crippen LogP contribution is 2.41. The molecule has 0 unspecified atom stereocenters. The van der Waals surface area contributed by atoms with Crippen molar-refractivity contribution >= 4 is 5.69 Å². The number of tetrazole rings is 1. The summed E-state index contributed by atoms with van der Waals surface area (Å²) < 4.78 is 7.28. The van der Waals surface area contributed by atoms with Crippen molar-refractivity contribution in [3.8, 4) is 17.1 Å². The van der Waals surface area contributed by atoms with E-state index in [4.69, 9.17) is 10.5 Å². The lowest BCUT2D eigenvalue weighted by Gasteiger charge is -2.38. The van der Waals surface area contributed by atoms with Crippen LogP contribution in [0.4, 0.5) is 5.69 Å². The van der Waals surface area contributed by atoms with E-state index in [2.05, 4.69) is 22.4 Å². The van der Waals surface area contributed by atoms with Gasteiger partial charge in [-0.05, 0) is 54.8 Å². The second-order valence-corrected chi connectivity index (χ2v) is 5.22. The number of hydrogen-bond donors (Lipinski definition) is 1. The molecule has 3 rings (SSSR count). The Hall–Kier alpha value is -2.11. The van der Waals surface area contributed by atoms with Crippen molar-refractivity contribution in [1.29, 1.82) is 0 Å². The van der Waals surface area contributed by atoms with Crippen LogP contribution in [-0.4, -0.2) is 27.3 Å². The molecule has 6 nitrogen and oxygen atoms in total. The number of benzene rings is 1. The predicted molar refractivity (Wildman–Crippen MR) is 71.7 cm³/mol. The molecule has 1 aliphatic carbocycles. The molecule has 1 heterocycles. The molecule has 0 aliphatic heterocycles. The number of nitrogen functional groups attached to an aromatic ring is 1. The molecular formula is C13H17N5O. The van der Waals surface area contributed by atoms with E-state index in [0.29, 0.717) is 11.5 Å². The molecule has 0 spiro atoms. The van der Waals surface area contributed by atoms with Crippen molar-refractivity contribution in [1.82, 2.24) is 20.2 Å². The average molecular weight is 259 g/mol. The standard InChI is InChI=1S/C13H17N5O/c1-13(6-3-7-13)18-12(15-16-17-18)10-8-9(14)4-5-11(10)19-2/h4-5,8H,3,6-7,14H2,1-2H3. The minimum atomic E-state index is 0.00838. The lowest BCUT2D eigenvalue weighted by Crippen LogP contribution is -2.38. The summed E-state index contributed by atoms with van der Waals surface area (Å²) in [5.74, 6) is 1.44. The van der Waals surface area contributed by atoms with Gasteiger partial charge in [0.1, 0.15) is 5.75 Å². The van der Waals surface area contributed by atoms with Crippen LogP contribution in [0.2, 0.25) is 0 Å². The Morgan fingerprint density at radius 3 is 2.79 bits per heavy atom. The lowest BCUT2D eigenvalue weighted by atomic mass is 9.78. The smallest absolute Gasteiger partial charge is 0.186 e. The van der Waals surface area contributed by atoms with E-state index < -0.39 is 0 Å². The molecule has 100 valence electrons. The molecule has 0 amide bonds. The fourth-order valence-corrected chi connectivity index (χ4v) is 2.52. The van der Waals surface area contributed by atoms with Crippen molar-refractivity contribution < 1.29 is 4.74 Å². The minimum absolute atomic E-state index is 0.00838. The van der Waals surface area contributed by atoms with Gasteiger partial charge in [0, 0.05) is 5.69 Å². The van der Waals surface area contributed by atoms with Crippen molar-refractivity contribution in [3.05, 3.63) is 18.2 Å². The monoisotopic (exact) mass is 259 g/mol. The Morgan fingerprint density at radius 2 is 2.16 bits per heavy atom. The minimum Gasteiger partial charge on any atom is -0.496 e. The quantitative estimate of drug-likeness (QED) is 0.851. The van der Waals surface area contributed by atoms with Crippen molar-refractivity contribution in [2.75, 3.05) is 12.8 Å². The van der Waals surface area contributed by atoms with Crippen LogP contribution in [0.3, 0.4) is 0 Å². The Kier molecular flexibility index (Phi) is 2.66. The molecule has 19 heavy (non-hydrogen) atoms. The Balaban J connectivity index is 2.13. The first-order valence-corrected chi connectivity index (χ1v) is 6.37. The largest absolute Gasteiger partial charge is 0.496 e. The third kappa shape index (κ3) is 1.83. The normalized spacial score (nSPS) is 16.9. The number of aromatic nitrogens is 4. The van der Waals surface area contributed by atoms with E-state index in [0.717, 1.165) is 24.2 Å². The number of ether oxygens (including phenoxy) is 1. The summed E-state index contributed by atoms with van der Waals surface area (Å²) in [6.45, 7) is 2.18. The van der Waals surface area contributed by atoms with Crippen LogP contribution in [0.1, 0.15) is 26.2 Å². The molecule has 0 saturated heterocycles. The zero-order chi connectivity index (χ0) is 13.5. The van der Waals surface area contributed by atoms with Crippen molar-refractivity contribution in [2.24, 2.45) is 0 Å². The molecule has 6 heteroatoms. The van der Waals surface area contributed by atoms with Gasteiger partial charge in [0.25, 0.3) is 0 Å². The number of nitrogens with zero attached hydrogens (tertiary/aromatic N) is 4. The van der Waals surface area contributed by atoms with Crippen LogP contribution in [-0.2, 0) is 5.54 Å². The van der Waals surface area contributed by atoms with Gasteiger partial charge >= 0.3 is 0 Å².